The number of rotatable bonds is 9. The number of carboxylic acids is 1. The van der Waals surface area contributed by atoms with E-state index < -0.39 is 11.9 Å². The van der Waals surface area contributed by atoms with Crippen molar-refractivity contribution in [1.82, 2.24) is 25.8 Å². The van der Waals surface area contributed by atoms with Crippen molar-refractivity contribution in [2.75, 3.05) is 34.2 Å². The van der Waals surface area contributed by atoms with E-state index in [0.717, 1.165) is 0 Å². The van der Waals surface area contributed by atoms with Crippen LogP contribution in [0.2, 0.25) is 0 Å². The Hall–Kier alpha value is -2.11. The Morgan fingerprint density at radius 1 is 1.34 bits per heavy atom. The van der Waals surface area contributed by atoms with Gasteiger partial charge in [-0.1, -0.05) is 6.92 Å². The second-order valence-corrected chi connectivity index (χ2v) is 10.3. The van der Waals surface area contributed by atoms with E-state index in [-0.39, 0.29) is 52.7 Å². The third-order valence-electron chi connectivity index (χ3n) is 6.44. The first-order valence-corrected chi connectivity index (χ1v) is 11.8. The molecule has 2 saturated heterocycles. The number of nitrogens with zero attached hydrogens (tertiary/aromatic N) is 2. The van der Waals surface area contributed by atoms with Gasteiger partial charge in [-0.15, -0.1) is 11.8 Å². The Morgan fingerprint density at radius 3 is 2.62 bits per heavy atom. The summed E-state index contributed by atoms with van der Waals surface area (Å²) in [4.78, 5) is 53.0. The predicted octanol–water partition coefficient (Wildman–Crippen LogP) is -0.575. The van der Waals surface area contributed by atoms with E-state index in [0.29, 0.717) is 30.8 Å². The fourth-order valence-electron chi connectivity index (χ4n) is 4.82. The maximum absolute atomic E-state index is 12.9. The monoisotopic (exact) mass is 467 g/mol. The lowest BCUT2D eigenvalue weighted by Gasteiger charge is -2.47. The van der Waals surface area contributed by atoms with Crippen LogP contribution in [0.4, 0.5) is 0 Å². The topological polar surface area (TPSA) is 131 Å². The van der Waals surface area contributed by atoms with Gasteiger partial charge in [0.15, 0.2) is 0 Å². The van der Waals surface area contributed by atoms with E-state index in [2.05, 4.69) is 16.0 Å². The number of β-lactam (4-membered cyclic amide) rings is 1. The van der Waals surface area contributed by atoms with Gasteiger partial charge in [0.1, 0.15) is 5.70 Å². The second kappa shape index (κ2) is 9.80. The lowest BCUT2D eigenvalue weighted by Crippen LogP contribution is -2.66. The maximum atomic E-state index is 12.9. The van der Waals surface area contributed by atoms with Gasteiger partial charge in [-0.25, -0.2) is 4.79 Å². The average Bonchev–Trinajstić information content (AvgIpc) is 3.28. The Labute approximate surface area is 192 Å². The Balaban J connectivity index is 1.71. The van der Waals surface area contributed by atoms with Crippen LogP contribution >= 0.6 is 11.8 Å². The number of carbonyl (C=O) groups excluding carboxylic acids is 3. The van der Waals surface area contributed by atoms with Crippen LogP contribution in [0.1, 0.15) is 26.7 Å². The zero-order valence-electron chi connectivity index (χ0n) is 19.2. The second-order valence-electron chi connectivity index (χ2n) is 8.91. The Kier molecular flexibility index (Phi) is 7.51. The first-order chi connectivity index (χ1) is 15.1. The summed E-state index contributed by atoms with van der Waals surface area (Å²) < 4.78 is 0. The highest BCUT2D eigenvalue weighted by molar-refractivity contribution is 8.03. The number of amides is 3. The van der Waals surface area contributed by atoms with Gasteiger partial charge in [0.2, 0.25) is 17.7 Å². The van der Waals surface area contributed by atoms with Gasteiger partial charge in [0.05, 0.1) is 18.0 Å². The van der Waals surface area contributed by atoms with Crippen molar-refractivity contribution in [2.24, 2.45) is 11.8 Å². The highest BCUT2D eigenvalue weighted by Gasteiger charge is 2.60. The standard InChI is InChI=1S/C21H33N5O5S/c1-10-16-15(11(2)24-14(27)6-7-22-3)20(29)26(16)17(21(30)31)18(10)32-12-8-13(23-9-12)19(28)25(4)5/h10-13,15-16,22-23H,6-9H2,1-5H3,(H,24,27)(H,30,31)/t10-,11?,12+,13+,15-,16-/m1/s1. The molecule has 0 aliphatic carbocycles. The molecule has 0 saturated carbocycles. The number of aliphatic carboxylic acids is 1. The van der Waals surface area contributed by atoms with Gasteiger partial charge in [0, 0.05) is 55.7 Å². The van der Waals surface area contributed by atoms with Crippen LogP contribution < -0.4 is 16.0 Å². The van der Waals surface area contributed by atoms with Crippen LogP contribution in [-0.2, 0) is 19.2 Å². The highest BCUT2D eigenvalue weighted by atomic mass is 32.2. The molecule has 0 radical (unpaired) electrons. The minimum Gasteiger partial charge on any atom is -0.477 e. The Morgan fingerprint density at radius 2 is 2.03 bits per heavy atom. The number of carboxylic acid groups (broad SMARTS) is 1. The van der Waals surface area contributed by atoms with Crippen LogP contribution in [0.15, 0.2) is 10.6 Å². The van der Waals surface area contributed by atoms with Crippen LogP contribution in [-0.4, -0.2) is 96.2 Å². The van der Waals surface area contributed by atoms with Crippen molar-refractivity contribution >= 4 is 35.5 Å². The molecule has 3 heterocycles. The van der Waals surface area contributed by atoms with E-state index in [1.807, 2.05) is 6.92 Å². The van der Waals surface area contributed by atoms with Crippen molar-refractivity contribution < 1.29 is 24.3 Å². The van der Waals surface area contributed by atoms with Gasteiger partial charge in [-0.05, 0) is 20.4 Å². The van der Waals surface area contributed by atoms with Crippen LogP contribution in [0.5, 0.6) is 0 Å². The lowest BCUT2D eigenvalue weighted by molar-refractivity contribution is -0.158. The van der Waals surface area contributed by atoms with E-state index in [1.54, 1.807) is 33.0 Å². The number of thioether (sulfide) groups is 1. The third kappa shape index (κ3) is 4.51. The molecule has 3 aliphatic rings. The molecular weight excluding hydrogens is 434 g/mol. The van der Waals surface area contributed by atoms with Gasteiger partial charge in [0.25, 0.3) is 0 Å². The normalized spacial score (nSPS) is 30.1. The molecule has 3 aliphatic heterocycles. The van der Waals surface area contributed by atoms with Gasteiger partial charge in [-0.3, -0.25) is 14.4 Å². The Bertz CT molecular complexity index is 831. The summed E-state index contributed by atoms with van der Waals surface area (Å²) in [5.41, 5.74) is 0.0462. The van der Waals surface area contributed by atoms with Crippen LogP contribution in [0.3, 0.4) is 0 Å². The third-order valence-corrected chi connectivity index (χ3v) is 7.96. The van der Waals surface area contributed by atoms with E-state index in [1.165, 1.54) is 16.7 Å². The fraction of sp³-hybridized carbons (Fsp3) is 0.714. The minimum absolute atomic E-state index is 0.00177. The number of fused-ring (bicyclic) bond motifs is 1. The molecule has 178 valence electrons. The van der Waals surface area contributed by atoms with E-state index >= 15 is 0 Å². The molecule has 2 fully saturated rings. The number of nitrogens with one attached hydrogen (secondary N) is 3. The van der Waals surface area contributed by atoms with Gasteiger partial charge < -0.3 is 30.9 Å². The summed E-state index contributed by atoms with van der Waals surface area (Å²) in [6.45, 7) is 4.88. The fourth-order valence-corrected chi connectivity index (χ4v) is 6.30. The van der Waals surface area contributed by atoms with Crippen LogP contribution in [0, 0.1) is 11.8 Å². The summed E-state index contributed by atoms with van der Waals surface area (Å²) in [7, 11) is 5.19. The zero-order valence-corrected chi connectivity index (χ0v) is 20.0. The molecular formula is C21H33N5O5S. The molecule has 0 aromatic rings. The summed E-state index contributed by atoms with van der Waals surface area (Å²) in [6, 6.07) is -0.957. The summed E-state index contributed by atoms with van der Waals surface area (Å²) in [5, 5.41) is 18.9. The van der Waals surface area contributed by atoms with E-state index in [4.69, 9.17) is 0 Å². The maximum Gasteiger partial charge on any atom is 0.353 e. The molecule has 4 N–H and O–H groups in total. The van der Waals surface area contributed by atoms with Crippen molar-refractivity contribution in [3.05, 3.63) is 10.6 Å². The number of carbonyl (C=O) groups is 4. The SMILES string of the molecule is CNCCC(=O)NC(C)[C@H]1C(=O)N2C(C(=O)O)=C(S[C@@H]3CN[C@H](C(=O)N(C)C)C3)[C@H](C)[C@H]12. The first kappa shape index (κ1) is 24.5. The smallest absolute Gasteiger partial charge is 0.353 e. The molecule has 6 atom stereocenters. The summed E-state index contributed by atoms with van der Waals surface area (Å²) in [6.07, 6.45) is 0.914. The largest absolute Gasteiger partial charge is 0.477 e. The molecule has 11 heteroatoms. The predicted molar refractivity (Wildman–Crippen MR) is 121 cm³/mol. The highest BCUT2D eigenvalue weighted by Crippen LogP contribution is 2.51. The molecule has 0 aromatic heterocycles. The number of likely N-dealkylation sites (N-methyl/N-ethyl adjacent to an activating group) is 1. The minimum atomic E-state index is -1.12. The summed E-state index contributed by atoms with van der Waals surface area (Å²) >= 11 is 1.46. The zero-order chi connectivity index (χ0) is 23.7. The molecule has 0 bridgehead atoms. The van der Waals surface area contributed by atoms with Gasteiger partial charge in [-0.2, -0.15) is 0 Å². The van der Waals surface area contributed by atoms with Gasteiger partial charge >= 0.3 is 5.97 Å². The lowest BCUT2D eigenvalue weighted by atomic mass is 9.78. The van der Waals surface area contributed by atoms with Crippen LogP contribution in [0.25, 0.3) is 0 Å². The molecule has 0 spiro atoms. The van der Waals surface area contributed by atoms with E-state index in [9.17, 15) is 24.3 Å². The van der Waals surface area contributed by atoms with Crippen molar-refractivity contribution in [2.45, 2.75) is 50.1 Å². The van der Waals surface area contributed by atoms with Crippen molar-refractivity contribution in [3.63, 3.8) is 0 Å². The van der Waals surface area contributed by atoms with Crippen molar-refractivity contribution in [3.8, 4) is 0 Å². The quantitative estimate of drug-likeness (QED) is 0.332. The summed E-state index contributed by atoms with van der Waals surface area (Å²) in [5.74, 6) is -2.14. The molecule has 32 heavy (non-hydrogen) atoms. The molecule has 1 unspecified atom stereocenters. The first-order valence-electron chi connectivity index (χ1n) is 10.9. The number of hydrogen-bond acceptors (Lipinski definition) is 7. The average molecular weight is 468 g/mol. The molecule has 3 rings (SSSR count). The molecule has 0 aromatic carbocycles. The number of hydrogen-bond donors (Lipinski definition) is 4. The molecule has 10 nitrogen and oxygen atoms in total. The van der Waals surface area contributed by atoms with Crippen molar-refractivity contribution in [1.29, 1.82) is 0 Å². The molecule has 3 amide bonds.